The summed E-state index contributed by atoms with van der Waals surface area (Å²) in [6.07, 6.45) is 5.27. The molecule has 2 aromatic rings. The molecule has 1 aliphatic carbocycles. The standard InChI is InChI=1S/C13H16N6O/c1-2-15-10-5-11(18-13(17-10)8-3-4-8)19-7-9(6-16-19)12(14)20/h5-8H,2-4H2,1H3,(H2,14,20)(H,15,17,18). The van der Waals surface area contributed by atoms with E-state index in [4.69, 9.17) is 5.73 Å². The number of primary amides is 1. The fraction of sp³-hybridized carbons (Fsp3) is 0.385. The molecule has 3 rings (SSSR count). The van der Waals surface area contributed by atoms with E-state index in [1.807, 2.05) is 13.0 Å². The first-order valence-electron chi connectivity index (χ1n) is 6.65. The van der Waals surface area contributed by atoms with Crippen LogP contribution in [0, 0.1) is 0 Å². The van der Waals surface area contributed by atoms with Crippen LogP contribution in [0.3, 0.4) is 0 Å². The van der Waals surface area contributed by atoms with Crippen molar-refractivity contribution in [3.05, 3.63) is 29.8 Å². The Balaban J connectivity index is 1.99. The van der Waals surface area contributed by atoms with Crippen molar-refractivity contribution in [1.82, 2.24) is 19.7 Å². The molecule has 0 aromatic carbocycles. The van der Waals surface area contributed by atoms with Gasteiger partial charge >= 0.3 is 0 Å². The predicted molar refractivity (Wildman–Crippen MR) is 73.8 cm³/mol. The largest absolute Gasteiger partial charge is 0.370 e. The topological polar surface area (TPSA) is 98.7 Å². The van der Waals surface area contributed by atoms with Crippen molar-refractivity contribution in [3.8, 4) is 5.82 Å². The molecule has 0 bridgehead atoms. The third-order valence-corrected chi connectivity index (χ3v) is 3.13. The summed E-state index contributed by atoms with van der Waals surface area (Å²) >= 11 is 0. The first-order chi connectivity index (χ1) is 9.67. The number of aromatic nitrogens is 4. The average molecular weight is 272 g/mol. The second-order valence-electron chi connectivity index (χ2n) is 4.81. The lowest BCUT2D eigenvalue weighted by Crippen LogP contribution is -2.10. The highest BCUT2D eigenvalue weighted by molar-refractivity contribution is 5.92. The maximum Gasteiger partial charge on any atom is 0.251 e. The van der Waals surface area contributed by atoms with Gasteiger partial charge in [0.1, 0.15) is 11.6 Å². The summed E-state index contributed by atoms with van der Waals surface area (Å²) in [6, 6.07) is 1.81. The fourth-order valence-corrected chi connectivity index (χ4v) is 1.94. The molecule has 0 saturated heterocycles. The molecule has 2 aromatic heterocycles. The number of hydrogen-bond donors (Lipinski definition) is 2. The minimum Gasteiger partial charge on any atom is -0.370 e. The number of rotatable bonds is 5. The molecule has 2 heterocycles. The summed E-state index contributed by atoms with van der Waals surface area (Å²) in [5.41, 5.74) is 5.60. The number of nitrogens with one attached hydrogen (secondary N) is 1. The third-order valence-electron chi connectivity index (χ3n) is 3.13. The van der Waals surface area contributed by atoms with E-state index in [1.165, 1.54) is 6.20 Å². The van der Waals surface area contributed by atoms with Crippen molar-refractivity contribution in [1.29, 1.82) is 0 Å². The van der Waals surface area contributed by atoms with Crippen molar-refractivity contribution in [2.45, 2.75) is 25.7 Å². The Morgan fingerprint density at radius 3 is 2.90 bits per heavy atom. The molecule has 0 aliphatic heterocycles. The maximum absolute atomic E-state index is 11.1. The van der Waals surface area contributed by atoms with Gasteiger partial charge in [0, 0.05) is 24.7 Å². The van der Waals surface area contributed by atoms with E-state index in [-0.39, 0.29) is 0 Å². The molecular formula is C13H16N6O. The zero-order chi connectivity index (χ0) is 14.1. The Labute approximate surface area is 116 Å². The molecule has 0 atom stereocenters. The zero-order valence-corrected chi connectivity index (χ0v) is 11.2. The Morgan fingerprint density at radius 2 is 2.30 bits per heavy atom. The maximum atomic E-state index is 11.1. The highest BCUT2D eigenvalue weighted by atomic mass is 16.1. The van der Waals surface area contributed by atoms with Crippen molar-refractivity contribution >= 4 is 11.7 Å². The molecule has 20 heavy (non-hydrogen) atoms. The SMILES string of the molecule is CCNc1cc(-n2cc(C(N)=O)cn2)nc(C2CC2)n1. The molecule has 1 saturated carbocycles. The van der Waals surface area contributed by atoms with Gasteiger partial charge in [-0.3, -0.25) is 4.79 Å². The van der Waals surface area contributed by atoms with Gasteiger partial charge in [0.25, 0.3) is 5.91 Å². The average Bonchev–Trinajstić information content (AvgIpc) is 3.15. The molecule has 3 N–H and O–H groups in total. The van der Waals surface area contributed by atoms with Crippen LogP contribution < -0.4 is 11.1 Å². The van der Waals surface area contributed by atoms with Gasteiger partial charge in [0.2, 0.25) is 0 Å². The van der Waals surface area contributed by atoms with Crippen LogP contribution in [0.2, 0.25) is 0 Å². The van der Waals surface area contributed by atoms with Crippen LogP contribution in [0.25, 0.3) is 5.82 Å². The van der Waals surface area contributed by atoms with Crippen molar-refractivity contribution in [2.75, 3.05) is 11.9 Å². The summed E-state index contributed by atoms with van der Waals surface area (Å²) < 4.78 is 1.55. The number of amides is 1. The van der Waals surface area contributed by atoms with Crippen LogP contribution in [0.15, 0.2) is 18.5 Å². The van der Waals surface area contributed by atoms with Crippen LogP contribution in [-0.4, -0.2) is 32.2 Å². The van der Waals surface area contributed by atoms with E-state index in [0.717, 1.165) is 31.0 Å². The van der Waals surface area contributed by atoms with Crippen molar-refractivity contribution < 1.29 is 4.79 Å². The number of anilines is 1. The first kappa shape index (κ1) is 12.6. The number of carbonyl (C=O) groups excluding carboxylic acids is 1. The Hall–Kier alpha value is -2.44. The first-order valence-corrected chi connectivity index (χ1v) is 6.65. The Morgan fingerprint density at radius 1 is 1.50 bits per heavy atom. The lowest BCUT2D eigenvalue weighted by atomic mass is 10.3. The normalized spacial score (nSPS) is 14.2. The van der Waals surface area contributed by atoms with E-state index >= 15 is 0 Å². The van der Waals surface area contributed by atoms with E-state index in [2.05, 4.69) is 20.4 Å². The van der Waals surface area contributed by atoms with E-state index < -0.39 is 5.91 Å². The monoisotopic (exact) mass is 272 g/mol. The minimum absolute atomic E-state index is 0.363. The molecule has 7 nitrogen and oxygen atoms in total. The summed E-state index contributed by atoms with van der Waals surface area (Å²) in [5, 5.41) is 7.31. The van der Waals surface area contributed by atoms with Crippen LogP contribution >= 0.6 is 0 Å². The molecule has 0 unspecified atom stereocenters. The third kappa shape index (κ3) is 2.47. The van der Waals surface area contributed by atoms with Crippen LogP contribution in [0.5, 0.6) is 0 Å². The second kappa shape index (κ2) is 4.92. The van der Waals surface area contributed by atoms with Crippen LogP contribution in [0.1, 0.15) is 41.9 Å². The van der Waals surface area contributed by atoms with E-state index in [0.29, 0.717) is 17.3 Å². The molecule has 0 radical (unpaired) electrons. The zero-order valence-electron chi connectivity index (χ0n) is 11.2. The van der Waals surface area contributed by atoms with Gasteiger partial charge in [-0.15, -0.1) is 0 Å². The van der Waals surface area contributed by atoms with Gasteiger partial charge < -0.3 is 11.1 Å². The Bertz CT molecular complexity index is 646. The van der Waals surface area contributed by atoms with Gasteiger partial charge in [-0.25, -0.2) is 14.6 Å². The fourth-order valence-electron chi connectivity index (χ4n) is 1.94. The van der Waals surface area contributed by atoms with Crippen LogP contribution in [-0.2, 0) is 0 Å². The highest BCUT2D eigenvalue weighted by Gasteiger charge is 2.27. The number of hydrogen-bond acceptors (Lipinski definition) is 5. The molecule has 0 spiro atoms. The smallest absolute Gasteiger partial charge is 0.251 e. The molecule has 104 valence electrons. The lowest BCUT2D eigenvalue weighted by molar-refractivity contribution is 0.100. The number of carbonyl (C=O) groups is 1. The summed E-state index contributed by atoms with van der Waals surface area (Å²) in [4.78, 5) is 20.1. The minimum atomic E-state index is -0.500. The molecule has 1 fully saturated rings. The van der Waals surface area contributed by atoms with Gasteiger partial charge in [0.15, 0.2) is 5.82 Å². The quantitative estimate of drug-likeness (QED) is 0.848. The van der Waals surface area contributed by atoms with Gasteiger partial charge in [-0.1, -0.05) is 0 Å². The summed E-state index contributed by atoms with van der Waals surface area (Å²) in [6.45, 7) is 2.80. The van der Waals surface area contributed by atoms with Gasteiger partial charge in [-0.2, -0.15) is 5.10 Å². The summed E-state index contributed by atoms with van der Waals surface area (Å²) in [7, 11) is 0. The second-order valence-corrected chi connectivity index (χ2v) is 4.81. The van der Waals surface area contributed by atoms with Gasteiger partial charge in [0.05, 0.1) is 11.8 Å². The molecular weight excluding hydrogens is 256 g/mol. The highest BCUT2D eigenvalue weighted by Crippen LogP contribution is 2.38. The van der Waals surface area contributed by atoms with E-state index in [1.54, 1.807) is 10.9 Å². The predicted octanol–water partition coefficient (Wildman–Crippen LogP) is 1.07. The van der Waals surface area contributed by atoms with E-state index in [9.17, 15) is 4.79 Å². The molecule has 7 heteroatoms. The number of nitrogens with two attached hydrogens (primary N) is 1. The van der Waals surface area contributed by atoms with Crippen LogP contribution in [0.4, 0.5) is 5.82 Å². The lowest BCUT2D eigenvalue weighted by Gasteiger charge is -2.08. The number of nitrogens with zero attached hydrogens (tertiary/aromatic N) is 4. The van der Waals surface area contributed by atoms with Crippen molar-refractivity contribution in [2.24, 2.45) is 5.73 Å². The molecule has 1 amide bonds. The summed E-state index contributed by atoms with van der Waals surface area (Å²) in [5.74, 6) is 2.19. The van der Waals surface area contributed by atoms with Crippen molar-refractivity contribution in [3.63, 3.8) is 0 Å². The Kier molecular flexibility index (Phi) is 3.09. The molecule has 1 aliphatic rings. The van der Waals surface area contributed by atoms with Gasteiger partial charge in [-0.05, 0) is 19.8 Å².